The predicted molar refractivity (Wildman–Crippen MR) is 120 cm³/mol. The molecule has 0 bridgehead atoms. The van der Waals surface area contributed by atoms with Gasteiger partial charge in [-0.2, -0.15) is 13.2 Å². The normalized spacial score (nSPS) is 11.5. The SMILES string of the molecule is CCN(Cc1nc2cc(C(F)(F)F)ccc2nc1-c1ccccc1)c1ccc(OC)cc1. The number of halogens is 3. The maximum atomic E-state index is 13.2. The highest BCUT2D eigenvalue weighted by molar-refractivity contribution is 5.79. The van der Waals surface area contributed by atoms with Gasteiger partial charge in [-0.3, -0.25) is 0 Å². The number of nitrogens with zero attached hydrogens (tertiary/aromatic N) is 3. The summed E-state index contributed by atoms with van der Waals surface area (Å²) < 4.78 is 45.0. The molecule has 3 aromatic carbocycles. The van der Waals surface area contributed by atoms with E-state index in [9.17, 15) is 13.2 Å². The van der Waals surface area contributed by atoms with Gasteiger partial charge < -0.3 is 9.64 Å². The Morgan fingerprint density at radius 1 is 0.875 bits per heavy atom. The van der Waals surface area contributed by atoms with Crippen molar-refractivity contribution in [3.05, 3.63) is 84.1 Å². The number of anilines is 1. The number of rotatable bonds is 6. The molecule has 0 fully saturated rings. The highest BCUT2D eigenvalue weighted by Crippen LogP contribution is 2.32. The minimum atomic E-state index is -4.44. The van der Waals surface area contributed by atoms with Crippen LogP contribution in [0.1, 0.15) is 18.2 Å². The Labute approximate surface area is 184 Å². The number of benzene rings is 3. The smallest absolute Gasteiger partial charge is 0.416 e. The molecular formula is C25H22F3N3O. The largest absolute Gasteiger partial charge is 0.497 e. The minimum absolute atomic E-state index is 0.222. The van der Waals surface area contributed by atoms with Crippen molar-refractivity contribution >= 4 is 16.7 Å². The second kappa shape index (κ2) is 8.86. The summed E-state index contributed by atoms with van der Waals surface area (Å²) in [5.41, 5.74) is 3.00. The van der Waals surface area contributed by atoms with E-state index >= 15 is 0 Å². The van der Waals surface area contributed by atoms with Crippen LogP contribution in [0.2, 0.25) is 0 Å². The summed E-state index contributed by atoms with van der Waals surface area (Å²) in [6.45, 7) is 3.10. The van der Waals surface area contributed by atoms with Gasteiger partial charge in [-0.15, -0.1) is 0 Å². The first-order valence-electron chi connectivity index (χ1n) is 10.2. The van der Waals surface area contributed by atoms with E-state index in [0.717, 1.165) is 29.1 Å². The summed E-state index contributed by atoms with van der Waals surface area (Å²) in [5.74, 6) is 0.750. The highest BCUT2D eigenvalue weighted by atomic mass is 19.4. The number of hydrogen-bond acceptors (Lipinski definition) is 4. The van der Waals surface area contributed by atoms with Crippen LogP contribution in [0.4, 0.5) is 18.9 Å². The van der Waals surface area contributed by atoms with Crippen LogP contribution in [0.15, 0.2) is 72.8 Å². The Bertz CT molecular complexity index is 1210. The van der Waals surface area contributed by atoms with Crippen LogP contribution in [-0.4, -0.2) is 23.6 Å². The van der Waals surface area contributed by atoms with Crippen LogP contribution < -0.4 is 9.64 Å². The van der Waals surface area contributed by atoms with Crippen LogP contribution in [0.5, 0.6) is 5.75 Å². The number of aromatic nitrogens is 2. The fraction of sp³-hybridized carbons (Fsp3) is 0.200. The molecule has 4 aromatic rings. The zero-order valence-corrected chi connectivity index (χ0v) is 17.7. The van der Waals surface area contributed by atoms with Crippen LogP contribution in [0.25, 0.3) is 22.3 Å². The molecular weight excluding hydrogens is 415 g/mol. The van der Waals surface area contributed by atoms with E-state index in [4.69, 9.17) is 9.72 Å². The Hall–Kier alpha value is -3.61. The minimum Gasteiger partial charge on any atom is -0.497 e. The van der Waals surface area contributed by atoms with Crippen molar-refractivity contribution in [2.45, 2.75) is 19.6 Å². The first kappa shape index (κ1) is 21.6. The van der Waals surface area contributed by atoms with Gasteiger partial charge in [0.25, 0.3) is 0 Å². The number of fused-ring (bicyclic) bond motifs is 1. The van der Waals surface area contributed by atoms with Crippen molar-refractivity contribution in [1.82, 2.24) is 9.97 Å². The molecule has 1 heterocycles. The third kappa shape index (κ3) is 4.51. The van der Waals surface area contributed by atoms with E-state index < -0.39 is 11.7 Å². The molecule has 4 rings (SSSR count). The molecule has 0 amide bonds. The standard InChI is InChI=1S/C25H22F3N3O/c1-3-31(19-10-12-20(32-2)13-11-19)16-23-24(17-7-5-4-6-8-17)30-21-14-9-18(25(26,27)28)15-22(21)29-23/h4-15H,3,16H2,1-2H3. The van der Waals surface area contributed by atoms with Gasteiger partial charge in [0.05, 0.1) is 41.6 Å². The first-order valence-corrected chi connectivity index (χ1v) is 10.2. The summed E-state index contributed by atoms with van der Waals surface area (Å²) in [6.07, 6.45) is -4.44. The third-order valence-electron chi connectivity index (χ3n) is 5.27. The number of methoxy groups -OCH3 is 1. The Balaban J connectivity index is 1.81. The van der Waals surface area contributed by atoms with Crippen LogP contribution in [0.3, 0.4) is 0 Å². The summed E-state index contributed by atoms with van der Waals surface area (Å²) in [6, 6.07) is 20.7. The van der Waals surface area contributed by atoms with E-state index in [-0.39, 0.29) is 5.52 Å². The molecule has 0 saturated heterocycles. The molecule has 32 heavy (non-hydrogen) atoms. The van der Waals surface area contributed by atoms with Crippen molar-refractivity contribution in [2.75, 3.05) is 18.6 Å². The Morgan fingerprint density at radius 2 is 1.59 bits per heavy atom. The van der Waals surface area contributed by atoms with Gasteiger partial charge in [0, 0.05) is 17.8 Å². The third-order valence-corrected chi connectivity index (χ3v) is 5.27. The maximum Gasteiger partial charge on any atom is 0.416 e. The maximum absolute atomic E-state index is 13.2. The average Bonchev–Trinajstić information content (AvgIpc) is 2.81. The second-order valence-electron chi connectivity index (χ2n) is 7.30. The molecule has 7 heteroatoms. The molecule has 0 unspecified atom stereocenters. The highest BCUT2D eigenvalue weighted by Gasteiger charge is 2.31. The van der Waals surface area contributed by atoms with Gasteiger partial charge in [0.15, 0.2) is 0 Å². The molecule has 0 aliphatic rings. The van der Waals surface area contributed by atoms with Crippen LogP contribution in [0, 0.1) is 0 Å². The van der Waals surface area contributed by atoms with Crippen molar-refractivity contribution in [1.29, 1.82) is 0 Å². The lowest BCUT2D eigenvalue weighted by atomic mass is 10.1. The lowest BCUT2D eigenvalue weighted by molar-refractivity contribution is -0.137. The topological polar surface area (TPSA) is 38.2 Å². The van der Waals surface area contributed by atoms with Gasteiger partial charge in [-0.25, -0.2) is 9.97 Å². The fourth-order valence-corrected chi connectivity index (χ4v) is 3.56. The molecule has 0 radical (unpaired) electrons. The molecule has 164 valence electrons. The van der Waals surface area contributed by atoms with Gasteiger partial charge in [0.1, 0.15) is 5.75 Å². The molecule has 0 atom stereocenters. The lowest BCUT2D eigenvalue weighted by Gasteiger charge is -2.24. The summed E-state index contributed by atoms with van der Waals surface area (Å²) in [7, 11) is 1.61. The number of alkyl halides is 3. The predicted octanol–water partition coefficient (Wildman–Crippen LogP) is 6.35. The van der Waals surface area contributed by atoms with Gasteiger partial charge in [0.2, 0.25) is 0 Å². The quantitative estimate of drug-likeness (QED) is 0.352. The van der Waals surface area contributed by atoms with E-state index in [0.29, 0.717) is 30.0 Å². The monoisotopic (exact) mass is 437 g/mol. The summed E-state index contributed by atoms with van der Waals surface area (Å²) >= 11 is 0. The van der Waals surface area contributed by atoms with E-state index in [2.05, 4.69) is 9.88 Å². The van der Waals surface area contributed by atoms with Crippen molar-refractivity contribution in [3.63, 3.8) is 0 Å². The van der Waals surface area contributed by atoms with Crippen molar-refractivity contribution < 1.29 is 17.9 Å². The van der Waals surface area contributed by atoms with Gasteiger partial charge >= 0.3 is 6.18 Å². The van der Waals surface area contributed by atoms with Gasteiger partial charge in [-0.05, 0) is 49.4 Å². The van der Waals surface area contributed by atoms with Crippen LogP contribution in [-0.2, 0) is 12.7 Å². The Morgan fingerprint density at radius 3 is 2.22 bits per heavy atom. The molecule has 0 aliphatic carbocycles. The lowest BCUT2D eigenvalue weighted by Crippen LogP contribution is -2.23. The molecule has 0 aliphatic heterocycles. The van der Waals surface area contributed by atoms with Crippen LogP contribution >= 0.6 is 0 Å². The number of ether oxygens (including phenoxy) is 1. The zero-order valence-electron chi connectivity index (χ0n) is 17.7. The second-order valence-corrected chi connectivity index (χ2v) is 7.30. The number of hydrogen-bond donors (Lipinski definition) is 0. The molecule has 4 nitrogen and oxygen atoms in total. The van der Waals surface area contributed by atoms with E-state index in [1.54, 1.807) is 7.11 Å². The van der Waals surface area contributed by atoms with E-state index in [1.807, 2.05) is 61.5 Å². The molecule has 0 N–H and O–H groups in total. The van der Waals surface area contributed by atoms with Crippen molar-refractivity contribution in [3.8, 4) is 17.0 Å². The molecule has 1 aromatic heterocycles. The zero-order chi connectivity index (χ0) is 22.7. The molecule has 0 spiro atoms. The summed E-state index contributed by atoms with van der Waals surface area (Å²) in [4.78, 5) is 11.4. The fourth-order valence-electron chi connectivity index (χ4n) is 3.56. The average molecular weight is 437 g/mol. The van der Waals surface area contributed by atoms with Gasteiger partial charge in [-0.1, -0.05) is 30.3 Å². The Kier molecular flexibility index (Phi) is 5.99. The summed E-state index contributed by atoms with van der Waals surface area (Å²) in [5, 5.41) is 0. The van der Waals surface area contributed by atoms with Crippen molar-refractivity contribution in [2.24, 2.45) is 0 Å². The first-order chi connectivity index (χ1) is 15.4. The molecule has 0 saturated carbocycles. The van der Waals surface area contributed by atoms with E-state index in [1.165, 1.54) is 6.07 Å².